The highest BCUT2D eigenvalue weighted by Gasteiger charge is 2.39. The molecule has 2 amide bonds. The molecule has 1 unspecified atom stereocenters. The van der Waals surface area contributed by atoms with Crippen LogP contribution in [0.4, 0.5) is 0 Å². The largest absolute Gasteiger partial charge is 0.467 e. The molecule has 1 saturated carbocycles. The highest BCUT2D eigenvalue weighted by Crippen LogP contribution is 2.29. The number of nitrogens with one attached hydrogen (secondary N) is 1. The number of piperidine rings is 1. The SMILES string of the molecule is O=C(NCc1ccco1)C1CCN(CC(=O)N(C2CCCCC2)C2CCS(=O)(=O)C2)CC1. The van der Waals surface area contributed by atoms with Gasteiger partial charge in [-0.1, -0.05) is 19.3 Å². The maximum absolute atomic E-state index is 13.4. The third-order valence-corrected chi connectivity index (χ3v) is 8.94. The Morgan fingerprint density at radius 2 is 1.81 bits per heavy atom. The minimum Gasteiger partial charge on any atom is -0.467 e. The van der Waals surface area contributed by atoms with E-state index in [2.05, 4.69) is 10.2 Å². The summed E-state index contributed by atoms with van der Waals surface area (Å²) in [6.45, 7) is 2.11. The summed E-state index contributed by atoms with van der Waals surface area (Å²) in [7, 11) is -3.04. The monoisotopic (exact) mass is 465 g/mol. The predicted octanol–water partition coefficient (Wildman–Crippen LogP) is 1.96. The zero-order valence-corrected chi connectivity index (χ0v) is 19.5. The van der Waals surface area contributed by atoms with Gasteiger partial charge in [0.05, 0.1) is 30.9 Å². The molecule has 178 valence electrons. The Balaban J connectivity index is 1.29. The lowest BCUT2D eigenvalue weighted by molar-refractivity contribution is -0.138. The molecule has 2 aliphatic heterocycles. The zero-order valence-electron chi connectivity index (χ0n) is 18.7. The number of nitrogens with zero attached hydrogens (tertiary/aromatic N) is 2. The molecular weight excluding hydrogens is 430 g/mol. The topological polar surface area (TPSA) is 99.9 Å². The Labute approximate surface area is 190 Å². The van der Waals surface area contributed by atoms with Gasteiger partial charge in [0, 0.05) is 18.0 Å². The fourth-order valence-corrected chi connectivity index (χ4v) is 7.13. The predicted molar refractivity (Wildman–Crippen MR) is 120 cm³/mol. The van der Waals surface area contributed by atoms with Gasteiger partial charge in [-0.05, 0) is 57.3 Å². The molecule has 3 fully saturated rings. The van der Waals surface area contributed by atoms with E-state index in [1.165, 1.54) is 6.42 Å². The van der Waals surface area contributed by atoms with E-state index in [0.717, 1.165) is 44.3 Å². The Morgan fingerprint density at radius 1 is 1.06 bits per heavy atom. The van der Waals surface area contributed by atoms with Crippen LogP contribution in [0.5, 0.6) is 0 Å². The van der Waals surface area contributed by atoms with Gasteiger partial charge < -0.3 is 14.6 Å². The molecule has 0 bridgehead atoms. The van der Waals surface area contributed by atoms with Crippen molar-refractivity contribution in [1.82, 2.24) is 15.1 Å². The van der Waals surface area contributed by atoms with Gasteiger partial charge in [0.1, 0.15) is 5.76 Å². The van der Waals surface area contributed by atoms with Gasteiger partial charge in [-0.25, -0.2) is 8.42 Å². The van der Waals surface area contributed by atoms with Gasteiger partial charge in [-0.3, -0.25) is 14.5 Å². The van der Waals surface area contributed by atoms with Crippen molar-refractivity contribution in [1.29, 1.82) is 0 Å². The number of furan rings is 1. The number of amides is 2. The first-order valence-corrected chi connectivity index (χ1v) is 13.8. The molecule has 1 atom stereocenters. The maximum Gasteiger partial charge on any atom is 0.237 e. The van der Waals surface area contributed by atoms with Crippen LogP contribution in [-0.4, -0.2) is 73.3 Å². The number of hydrogen-bond acceptors (Lipinski definition) is 6. The number of sulfone groups is 1. The summed E-state index contributed by atoms with van der Waals surface area (Å²) >= 11 is 0. The summed E-state index contributed by atoms with van der Waals surface area (Å²) in [5.41, 5.74) is 0. The van der Waals surface area contributed by atoms with Crippen molar-refractivity contribution < 1.29 is 22.4 Å². The van der Waals surface area contributed by atoms with E-state index < -0.39 is 9.84 Å². The lowest BCUT2D eigenvalue weighted by Crippen LogP contribution is -2.53. The van der Waals surface area contributed by atoms with Gasteiger partial charge in [-0.15, -0.1) is 0 Å². The molecule has 9 heteroatoms. The molecule has 0 radical (unpaired) electrons. The first-order valence-electron chi connectivity index (χ1n) is 12.0. The Morgan fingerprint density at radius 3 is 2.44 bits per heavy atom. The van der Waals surface area contributed by atoms with E-state index in [9.17, 15) is 18.0 Å². The van der Waals surface area contributed by atoms with Crippen LogP contribution in [0, 0.1) is 5.92 Å². The van der Waals surface area contributed by atoms with Crippen molar-refractivity contribution in [3.63, 3.8) is 0 Å². The molecular formula is C23H35N3O5S. The van der Waals surface area contributed by atoms with Crippen molar-refractivity contribution in [2.75, 3.05) is 31.1 Å². The summed E-state index contributed by atoms with van der Waals surface area (Å²) in [6.07, 6.45) is 8.93. The number of hydrogen-bond donors (Lipinski definition) is 1. The summed E-state index contributed by atoms with van der Waals surface area (Å²) in [5.74, 6) is 1.07. The molecule has 8 nitrogen and oxygen atoms in total. The van der Waals surface area contributed by atoms with Crippen LogP contribution in [0.15, 0.2) is 22.8 Å². The van der Waals surface area contributed by atoms with E-state index in [4.69, 9.17) is 4.42 Å². The highest BCUT2D eigenvalue weighted by molar-refractivity contribution is 7.91. The Hall–Kier alpha value is -1.87. The van der Waals surface area contributed by atoms with Crippen LogP contribution in [0.3, 0.4) is 0 Å². The Bertz CT molecular complexity index is 871. The van der Waals surface area contributed by atoms with Gasteiger partial charge in [0.25, 0.3) is 0 Å². The van der Waals surface area contributed by atoms with E-state index in [0.29, 0.717) is 32.6 Å². The van der Waals surface area contributed by atoms with Crippen LogP contribution < -0.4 is 5.32 Å². The summed E-state index contributed by atoms with van der Waals surface area (Å²) < 4.78 is 29.4. The van der Waals surface area contributed by atoms with Crippen LogP contribution in [0.2, 0.25) is 0 Å². The van der Waals surface area contributed by atoms with Crippen molar-refractivity contribution >= 4 is 21.7 Å². The molecule has 1 aromatic heterocycles. The smallest absolute Gasteiger partial charge is 0.237 e. The van der Waals surface area contributed by atoms with Crippen molar-refractivity contribution in [3.8, 4) is 0 Å². The first kappa shape index (κ1) is 23.3. The quantitative estimate of drug-likeness (QED) is 0.661. The third-order valence-electron chi connectivity index (χ3n) is 7.19. The van der Waals surface area contributed by atoms with E-state index >= 15 is 0 Å². The summed E-state index contributed by atoms with van der Waals surface area (Å²) in [5, 5.41) is 2.93. The maximum atomic E-state index is 13.4. The molecule has 4 rings (SSSR count). The second-order valence-corrected chi connectivity index (χ2v) is 11.7. The molecule has 0 spiro atoms. The standard InChI is InChI=1S/C23H35N3O5S/c27-22(26(19-5-2-1-3-6-19)20-10-14-32(29,30)17-20)16-25-11-8-18(9-12-25)23(28)24-15-21-7-4-13-31-21/h4,7,13,18-20H,1-3,5-6,8-12,14-17H2,(H,24,28). The van der Waals surface area contributed by atoms with Crippen LogP contribution in [-0.2, 0) is 26.0 Å². The van der Waals surface area contributed by atoms with Crippen LogP contribution in [0.25, 0.3) is 0 Å². The number of carbonyl (C=O) groups excluding carboxylic acids is 2. The fourth-order valence-electron chi connectivity index (χ4n) is 5.42. The van der Waals surface area contributed by atoms with Gasteiger partial charge in [0.15, 0.2) is 9.84 Å². The van der Waals surface area contributed by atoms with Crippen molar-refractivity contribution in [3.05, 3.63) is 24.2 Å². The second kappa shape index (κ2) is 10.4. The summed E-state index contributed by atoms with van der Waals surface area (Å²) in [6, 6.07) is 3.62. The molecule has 2 saturated heterocycles. The molecule has 1 N–H and O–H groups in total. The zero-order chi connectivity index (χ0) is 22.6. The van der Waals surface area contributed by atoms with E-state index in [1.807, 2.05) is 11.0 Å². The summed E-state index contributed by atoms with van der Waals surface area (Å²) in [4.78, 5) is 29.9. The lowest BCUT2D eigenvalue weighted by Gasteiger charge is -2.40. The molecule has 1 aromatic rings. The third kappa shape index (κ3) is 5.92. The van der Waals surface area contributed by atoms with Crippen molar-refractivity contribution in [2.45, 2.75) is 70.0 Å². The van der Waals surface area contributed by atoms with E-state index in [1.54, 1.807) is 12.3 Å². The van der Waals surface area contributed by atoms with Crippen molar-refractivity contribution in [2.24, 2.45) is 5.92 Å². The highest BCUT2D eigenvalue weighted by atomic mass is 32.2. The average Bonchev–Trinajstić information content (AvgIpc) is 3.43. The molecule has 0 aromatic carbocycles. The minimum absolute atomic E-state index is 0.0346. The molecule has 3 heterocycles. The Kier molecular flexibility index (Phi) is 7.55. The van der Waals surface area contributed by atoms with Gasteiger partial charge in [-0.2, -0.15) is 0 Å². The number of rotatable bonds is 7. The fraction of sp³-hybridized carbons (Fsp3) is 0.739. The lowest BCUT2D eigenvalue weighted by atomic mass is 9.92. The first-order chi connectivity index (χ1) is 15.4. The molecule has 3 aliphatic rings. The van der Waals surface area contributed by atoms with Crippen LogP contribution in [0.1, 0.15) is 57.1 Å². The molecule has 32 heavy (non-hydrogen) atoms. The number of carbonyl (C=O) groups is 2. The normalized spacial score (nSPS) is 24.9. The molecule has 1 aliphatic carbocycles. The van der Waals surface area contributed by atoms with Gasteiger partial charge in [0.2, 0.25) is 11.8 Å². The van der Waals surface area contributed by atoms with Gasteiger partial charge >= 0.3 is 0 Å². The number of likely N-dealkylation sites (tertiary alicyclic amines) is 1. The second-order valence-electron chi connectivity index (χ2n) is 9.50. The minimum atomic E-state index is -3.04. The average molecular weight is 466 g/mol. The van der Waals surface area contributed by atoms with Crippen LogP contribution >= 0.6 is 0 Å². The van der Waals surface area contributed by atoms with E-state index in [-0.39, 0.29) is 41.3 Å².